The normalized spacial score (nSPS) is 18.3. The molecule has 0 bridgehead atoms. The van der Waals surface area contributed by atoms with E-state index in [0.29, 0.717) is 6.54 Å². The van der Waals surface area contributed by atoms with Crippen LogP contribution in [0.1, 0.15) is 27.3 Å². The minimum Gasteiger partial charge on any atom is -0.374 e. The maximum atomic E-state index is 12.6. The molecule has 1 amide bonds. The fourth-order valence-corrected chi connectivity index (χ4v) is 3.33. The fourth-order valence-electron chi connectivity index (χ4n) is 3.33. The van der Waals surface area contributed by atoms with Crippen molar-refractivity contribution >= 4 is 5.91 Å². The highest BCUT2D eigenvalue weighted by Gasteiger charge is 2.20. The summed E-state index contributed by atoms with van der Waals surface area (Å²) >= 11 is 0. The van der Waals surface area contributed by atoms with Crippen molar-refractivity contribution < 1.29 is 9.53 Å². The average Bonchev–Trinajstić information content (AvgIpc) is 2.89. The van der Waals surface area contributed by atoms with E-state index in [0.717, 1.165) is 43.2 Å². The quantitative estimate of drug-likeness (QED) is 0.907. The van der Waals surface area contributed by atoms with Crippen LogP contribution in [0.3, 0.4) is 0 Å². The predicted octanol–water partition coefficient (Wildman–Crippen LogP) is 2.21. The van der Waals surface area contributed by atoms with Crippen molar-refractivity contribution in [2.45, 2.75) is 26.5 Å². The summed E-state index contributed by atoms with van der Waals surface area (Å²) in [6.07, 6.45) is 0.0653. The van der Waals surface area contributed by atoms with Crippen molar-refractivity contribution in [2.24, 2.45) is 0 Å². The summed E-state index contributed by atoms with van der Waals surface area (Å²) in [6.45, 7) is 7.91. The van der Waals surface area contributed by atoms with Gasteiger partial charge in [-0.2, -0.15) is 0 Å². The van der Waals surface area contributed by atoms with E-state index < -0.39 is 0 Å². The van der Waals surface area contributed by atoms with Crippen LogP contribution >= 0.6 is 0 Å². The van der Waals surface area contributed by atoms with Gasteiger partial charge in [0.05, 0.1) is 18.3 Å². The smallest absolute Gasteiger partial charge is 0.253 e. The van der Waals surface area contributed by atoms with Crippen LogP contribution in [-0.4, -0.2) is 54.8 Å². The van der Waals surface area contributed by atoms with Crippen LogP contribution in [-0.2, 0) is 11.3 Å². The lowest BCUT2D eigenvalue weighted by molar-refractivity contribution is -0.0175. The number of aryl methyl sites for hydroxylation is 1. The molecule has 1 aliphatic heterocycles. The van der Waals surface area contributed by atoms with Gasteiger partial charge >= 0.3 is 0 Å². The summed E-state index contributed by atoms with van der Waals surface area (Å²) < 4.78 is 7.90. The molecule has 1 saturated heterocycles. The third-order valence-corrected chi connectivity index (χ3v) is 4.83. The van der Waals surface area contributed by atoms with Crippen molar-refractivity contribution in [1.29, 1.82) is 0 Å². The molecule has 0 saturated carbocycles. The third kappa shape index (κ3) is 4.30. The number of likely N-dealkylation sites (N-methyl/N-ethyl adjacent to an activating group) is 1. The van der Waals surface area contributed by atoms with Gasteiger partial charge in [-0.25, -0.2) is 0 Å². The molecule has 0 radical (unpaired) electrons. The highest BCUT2D eigenvalue weighted by molar-refractivity contribution is 5.95. The lowest BCUT2D eigenvalue weighted by Crippen LogP contribution is -2.45. The van der Waals surface area contributed by atoms with Crippen LogP contribution in [0.2, 0.25) is 0 Å². The molecular formula is C20H27N3O2. The van der Waals surface area contributed by atoms with Crippen LogP contribution in [0.25, 0.3) is 0 Å². The highest BCUT2D eigenvalue weighted by Crippen LogP contribution is 2.17. The summed E-state index contributed by atoms with van der Waals surface area (Å²) in [5, 5.41) is 3.03. The molecule has 3 rings (SSSR count). The molecule has 1 aromatic carbocycles. The first-order chi connectivity index (χ1) is 12.0. The number of carbonyl (C=O) groups is 1. The number of ether oxygens (including phenoxy) is 1. The monoisotopic (exact) mass is 341 g/mol. The highest BCUT2D eigenvalue weighted by atomic mass is 16.5. The fraction of sp³-hybridized carbons (Fsp3) is 0.450. The minimum atomic E-state index is -0.0239. The Balaban J connectivity index is 1.66. The first kappa shape index (κ1) is 17.7. The zero-order chi connectivity index (χ0) is 17.8. The van der Waals surface area contributed by atoms with Gasteiger partial charge in [0.15, 0.2) is 0 Å². The Morgan fingerprint density at radius 1 is 1.28 bits per heavy atom. The van der Waals surface area contributed by atoms with Gasteiger partial charge in [0.2, 0.25) is 0 Å². The van der Waals surface area contributed by atoms with E-state index in [-0.39, 0.29) is 12.0 Å². The topological polar surface area (TPSA) is 46.5 Å². The predicted molar refractivity (Wildman–Crippen MR) is 99.0 cm³/mol. The van der Waals surface area contributed by atoms with Gasteiger partial charge in [-0.15, -0.1) is 0 Å². The van der Waals surface area contributed by atoms with Crippen molar-refractivity contribution in [3.8, 4) is 0 Å². The van der Waals surface area contributed by atoms with E-state index in [2.05, 4.69) is 34.0 Å². The number of morpholine rings is 1. The van der Waals surface area contributed by atoms with Gasteiger partial charge in [0.1, 0.15) is 0 Å². The zero-order valence-corrected chi connectivity index (χ0v) is 15.3. The maximum Gasteiger partial charge on any atom is 0.253 e. The summed E-state index contributed by atoms with van der Waals surface area (Å²) in [5.74, 6) is -0.0239. The summed E-state index contributed by atoms with van der Waals surface area (Å²) in [4.78, 5) is 14.8. The van der Waals surface area contributed by atoms with Gasteiger partial charge < -0.3 is 19.5 Å². The van der Waals surface area contributed by atoms with Crippen molar-refractivity contribution in [1.82, 2.24) is 14.8 Å². The average molecular weight is 341 g/mol. The van der Waals surface area contributed by atoms with Gasteiger partial charge in [-0.1, -0.05) is 30.3 Å². The summed E-state index contributed by atoms with van der Waals surface area (Å²) in [7, 11) is 2.08. The molecule has 5 heteroatoms. The lowest BCUT2D eigenvalue weighted by Gasteiger charge is -2.30. The van der Waals surface area contributed by atoms with Gasteiger partial charge in [0.25, 0.3) is 5.91 Å². The number of hydrogen-bond acceptors (Lipinski definition) is 3. The Morgan fingerprint density at radius 2 is 2.04 bits per heavy atom. The molecule has 25 heavy (non-hydrogen) atoms. The molecule has 2 heterocycles. The Morgan fingerprint density at radius 3 is 2.76 bits per heavy atom. The number of rotatable bonds is 5. The standard InChI is InChI=1S/C20H27N3O2/c1-15-11-19(16(2)23(15)13-17-7-5-4-6-8-17)20(24)21-12-18-14-22(3)9-10-25-18/h4-8,11,18H,9-10,12-14H2,1-3H3,(H,21,24)/t18-/m1/s1. The Labute approximate surface area is 149 Å². The minimum absolute atomic E-state index is 0.0239. The molecule has 1 aromatic heterocycles. The molecule has 134 valence electrons. The van der Waals surface area contributed by atoms with Crippen LogP contribution < -0.4 is 5.32 Å². The molecule has 1 atom stereocenters. The van der Waals surface area contributed by atoms with Crippen molar-refractivity contribution in [2.75, 3.05) is 33.3 Å². The SMILES string of the molecule is Cc1cc(C(=O)NC[C@@H]2CN(C)CCO2)c(C)n1Cc1ccccc1. The van der Waals surface area contributed by atoms with E-state index in [4.69, 9.17) is 4.74 Å². The molecule has 2 aromatic rings. The van der Waals surface area contributed by atoms with E-state index in [9.17, 15) is 4.79 Å². The first-order valence-electron chi connectivity index (χ1n) is 8.83. The molecule has 5 nitrogen and oxygen atoms in total. The number of nitrogens with one attached hydrogen (secondary N) is 1. The number of carbonyl (C=O) groups excluding carboxylic acids is 1. The number of amides is 1. The summed E-state index contributed by atoms with van der Waals surface area (Å²) in [6, 6.07) is 12.3. The van der Waals surface area contributed by atoms with Gasteiger partial charge in [-0.3, -0.25) is 4.79 Å². The van der Waals surface area contributed by atoms with Crippen molar-refractivity contribution in [3.05, 3.63) is 58.9 Å². The maximum absolute atomic E-state index is 12.6. The van der Waals surface area contributed by atoms with Crippen LogP contribution in [0.4, 0.5) is 0 Å². The van der Waals surface area contributed by atoms with E-state index >= 15 is 0 Å². The Bertz CT molecular complexity index is 724. The van der Waals surface area contributed by atoms with Crippen LogP contribution in [0.15, 0.2) is 36.4 Å². The number of hydrogen-bond donors (Lipinski definition) is 1. The molecule has 0 unspecified atom stereocenters. The third-order valence-electron chi connectivity index (χ3n) is 4.83. The van der Waals surface area contributed by atoms with Gasteiger partial charge in [-0.05, 0) is 32.5 Å². The second-order valence-electron chi connectivity index (χ2n) is 6.82. The molecule has 0 spiro atoms. The summed E-state index contributed by atoms with van der Waals surface area (Å²) in [5.41, 5.74) is 4.08. The molecule has 1 fully saturated rings. The molecular weight excluding hydrogens is 314 g/mol. The molecule has 1 N–H and O–H groups in total. The van der Waals surface area contributed by atoms with E-state index in [1.54, 1.807) is 0 Å². The number of nitrogens with zero attached hydrogens (tertiary/aromatic N) is 2. The van der Waals surface area contributed by atoms with E-state index in [1.165, 1.54) is 5.56 Å². The van der Waals surface area contributed by atoms with Crippen molar-refractivity contribution in [3.63, 3.8) is 0 Å². The Kier molecular flexibility index (Phi) is 5.56. The molecule has 0 aliphatic carbocycles. The second-order valence-corrected chi connectivity index (χ2v) is 6.82. The largest absolute Gasteiger partial charge is 0.374 e. The van der Waals surface area contributed by atoms with E-state index in [1.807, 2.05) is 38.1 Å². The lowest BCUT2D eigenvalue weighted by atomic mass is 10.2. The number of benzene rings is 1. The number of aromatic nitrogens is 1. The van der Waals surface area contributed by atoms with Crippen LogP contribution in [0, 0.1) is 13.8 Å². The second kappa shape index (κ2) is 7.85. The molecule has 1 aliphatic rings. The van der Waals surface area contributed by atoms with Crippen LogP contribution in [0.5, 0.6) is 0 Å². The zero-order valence-electron chi connectivity index (χ0n) is 15.3. The Hall–Kier alpha value is -2.11. The first-order valence-corrected chi connectivity index (χ1v) is 8.83. The van der Waals surface area contributed by atoms with Gasteiger partial charge in [0, 0.05) is 37.6 Å².